The predicted octanol–water partition coefficient (Wildman–Crippen LogP) is 0.00720. The fraction of sp³-hybridized carbons (Fsp3) is 0.417. The fourth-order valence-electron chi connectivity index (χ4n) is 2.00. The molecule has 1 aromatic rings. The minimum atomic E-state index is -0.781. The monoisotopic (exact) mass is 329 g/mol. The van der Waals surface area contributed by atoms with Crippen LogP contribution in [0.4, 0.5) is 11.4 Å². The van der Waals surface area contributed by atoms with Gasteiger partial charge in [-0.2, -0.15) is 0 Å². The van der Waals surface area contributed by atoms with Crippen LogP contribution < -0.4 is 11.1 Å². The molecule has 0 aliphatic carbocycles. The number of carbonyl (C=O) groups is 1. The molecule has 0 radical (unpaired) electrons. The SMILES string of the molecule is Nc1ccc(NC(=O)CN2CC(O)C(O)C2)c(Br)c1. The number of likely N-dealkylation sites (tertiary alicyclic amines) is 1. The highest BCUT2D eigenvalue weighted by molar-refractivity contribution is 9.10. The van der Waals surface area contributed by atoms with Gasteiger partial charge in [-0.05, 0) is 34.1 Å². The minimum Gasteiger partial charge on any atom is -0.399 e. The number of nitrogens with one attached hydrogen (secondary N) is 1. The Labute approximate surface area is 119 Å². The molecule has 1 aliphatic rings. The average molecular weight is 330 g/mol. The molecule has 1 amide bonds. The molecule has 0 spiro atoms. The number of nitrogens with zero attached hydrogens (tertiary/aromatic N) is 1. The van der Waals surface area contributed by atoms with Gasteiger partial charge < -0.3 is 21.3 Å². The third-order valence-electron chi connectivity index (χ3n) is 2.97. The number of aliphatic hydroxyl groups excluding tert-OH is 2. The number of hydrogen-bond donors (Lipinski definition) is 4. The third kappa shape index (κ3) is 3.66. The van der Waals surface area contributed by atoms with Crippen molar-refractivity contribution in [1.82, 2.24) is 4.90 Å². The molecule has 0 bridgehead atoms. The van der Waals surface area contributed by atoms with E-state index >= 15 is 0 Å². The van der Waals surface area contributed by atoms with Gasteiger partial charge in [0.05, 0.1) is 24.4 Å². The zero-order valence-electron chi connectivity index (χ0n) is 10.2. The number of aliphatic hydroxyl groups is 2. The quantitative estimate of drug-likeness (QED) is 0.585. The summed E-state index contributed by atoms with van der Waals surface area (Å²) in [4.78, 5) is 13.6. The number of rotatable bonds is 3. The molecular weight excluding hydrogens is 314 g/mol. The largest absolute Gasteiger partial charge is 0.399 e. The summed E-state index contributed by atoms with van der Waals surface area (Å²) in [5, 5.41) is 21.5. The van der Waals surface area contributed by atoms with Gasteiger partial charge in [0.25, 0.3) is 0 Å². The summed E-state index contributed by atoms with van der Waals surface area (Å²) in [5.41, 5.74) is 6.86. The lowest BCUT2D eigenvalue weighted by atomic mass is 10.3. The summed E-state index contributed by atoms with van der Waals surface area (Å²) in [5.74, 6) is -0.202. The van der Waals surface area contributed by atoms with E-state index in [1.165, 1.54) is 0 Å². The highest BCUT2D eigenvalue weighted by Gasteiger charge is 2.30. The Morgan fingerprint density at radius 3 is 2.63 bits per heavy atom. The van der Waals surface area contributed by atoms with Crippen molar-refractivity contribution < 1.29 is 15.0 Å². The maximum absolute atomic E-state index is 11.9. The normalized spacial score (nSPS) is 23.5. The van der Waals surface area contributed by atoms with Crippen LogP contribution in [-0.2, 0) is 4.79 Å². The molecule has 2 rings (SSSR count). The first kappa shape index (κ1) is 14.3. The number of benzene rings is 1. The van der Waals surface area contributed by atoms with Crippen LogP contribution in [0.5, 0.6) is 0 Å². The molecule has 2 atom stereocenters. The van der Waals surface area contributed by atoms with Crippen molar-refractivity contribution in [2.45, 2.75) is 12.2 Å². The zero-order chi connectivity index (χ0) is 14.0. The van der Waals surface area contributed by atoms with Crippen molar-refractivity contribution in [2.75, 3.05) is 30.7 Å². The second kappa shape index (κ2) is 5.87. The molecule has 1 aromatic carbocycles. The van der Waals surface area contributed by atoms with Crippen molar-refractivity contribution in [3.63, 3.8) is 0 Å². The Kier molecular flexibility index (Phi) is 4.41. The molecule has 1 fully saturated rings. The van der Waals surface area contributed by atoms with Gasteiger partial charge in [0.2, 0.25) is 5.91 Å². The highest BCUT2D eigenvalue weighted by atomic mass is 79.9. The molecule has 0 saturated carbocycles. The van der Waals surface area contributed by atoms with Crippen LogP contribution in [-0.4, -0.2) is 52.9 Å². The second-order valence-corrected chi connectivity index (χ2v) is 5.47. The van der Waals surface area contributed by atoms with Crippen LogP contribution in [0.2, 0.25) is 0 Å². The molecule has 104 valence electrons. The van der Waals surface area contributed by atoms with Gasteiger partial charge >= 0.3 is 0 Å². The number of anilines is 2. The molecule has 6 nitrogen and oxygen atoms in total. The first-order valence-corrected chi connectivity index (χ1v) is 6.68. The third-order valence-corrected chi connectivity index (χ3v) is 3.63. The van der Waals surface area contributed by atoms with Crippen LogP contribution >= 0.6 is 15.9 Å². The predicted molar refractivity (Wildman–Crippen MR) is 75.6 cm³/mol. The Morgan fingerprint density at radius 2 is 2.05 bits per heavy atom. The summed E-state index contributed by atoms with van der Waals surface area (Å²) in [6.45, 7) is 0.736. The average Bonchev–Trinajstić information content (AvgIpc) is 2.62. The van der Waals surface area contributed by atoms with Gasteiger partial charge in [-0.3, -0.25) is 9.69 Å². The number of β-amino-alcohol motifs (C(OH)–C–C–N with tert-alkyl or cyclic N) is 2. The Hall–Kier alpha value is -1.15. The van der Waals surface area contributed by atoms with Gasteiger partial charge in [-0.25, -0.2) is 0 Å². The Morgan fingerprint density at radius 1 is 1.42 bits per heavy atom. The number of amides is 1. The number of hydrogen-bond acceptors (Lipinski definition) is 5. The van der Waals surface area contributed by atoms with Crippen LogP contribution in [0.25, 0.3) is 0 Å². The molecule has 1 heterocycles. The van der Waals surface area contributed by atoms with Crippen LogP contribution in [0.3, 0.4) is 0 Å². The van der Waals surface area contributed by atoms with Crippen LogP contribution in [0, 0.1) is 0 Å². The second-order valence-electron chi connectivity index (χ2n) is 4.62. The van der Waals surface area contributed by atoms with E-state index in [1.54, 1.807) is 23.1 Å². The first-order chi connectivity index (χ1) is 8.95. The van der Waals surface area contributed by atoms with E-state index in [0.717, 1.165) is 0 Å². The lowest BCUT2D eigenvalue weighted by Crippen LogP contribution is -2.32. The van der Waals surface area contributed by atoms with Gasteiger partial charge in [0, 0.05) is 23.2 Å². The molecule has 0 aromatic heterocycles. The maximum Gasteiger partial charge on any atom is 0.238 e. The molecule has 7 heteroatoms. The number of nitrogen functional groups attached to an aromatic ring is 1. The van der Waals surface area contributed by atoms with Crippen molar-refractivity contribution in [1.29, 1.82) is 0 Å². The molecule has 1 saturated heterocycles. The number of carbonyl (C=O) groups excluding carboxylic acids is 1. The van der Waals surface area contributed by atoms with E-state index in [2.05, 4.69) is 21.2 Å². The van der Waals surface area contributed by atoms with E-state index in [1.807, 2.05) is 0 Å². The van der Waals surface area contributed by atoms with E-state index in [0.29, 0.717) is 28.9 Å². The summed E-state index contributed by atoms with van der Waals surface area (Å²) < 4.78 is 0.711. The zero-order valence-corrected chi connectivity index (χ0v) is 11.8. The Balaban J connectivity index is 1.91. The standard InChI is InChI=1S/C12H16BrN3O3/c13-8-3-7(14)1-2-9(8)15-12(19)6-16-4-10(17)11(18)5-16/h1-3,10-11,17-18H,4-6,14H2,(H,15,19). The van der Waals surface area contributed by atoms with Gasteiger partial charge in [0.1, 0.15) is 0 Å². The van der Waals surface area contributed by atoms with Crippen LogP contribution in [0.15, 0.2) is 22.7 Å². The van der Waals surface area contributed by atoms with E-state index in [-0.39, 0.29) is 12.5 Å². The van der Waals surface area contributed by atoms with Crippen molar-refractivity contribution in [2.24, 2.45) is 0 Å². The highest BCUT2D eigenvalue weighted by Crippen LogP contribution is 2.24. The van der Waals surface area contributed by atoms with Gasteiger partial charge in [0.15, 0.2) is 0 Å². The fourth-order valence-corrected chi connectivity index (χ4v) is 2.50. The molecule has 2 unspecified atom stereocenters. The van der Waals surface area contributed by atoms with Crippen molar-refractivity contribution in [3.8, 4) is 0 Å². The van der Waals surface area contributed by atoms with E-state index in [4.69, 9.17) is 5.73 Å². The molecule has 5 N–H and O–H groups in total. The van der Waals surface area contributed by atoms with E-state index < -0.39 is 12.2 Å². The summed E-state index contributed by atoms with van der Waals surface area (Å²) >= 11 is 3.32. The summed E-state index contributed by atoms with van der Waals surface area (Å²) in [7, 11) is 0. The smallest absolute Gasteiger partial charge is 0.238 e. The topological polar surface area (TPSA) is 98.8 Å². The minimum absolute atomic E-state index is 0.130. The van der Waals surface area contributed by atoms with Gasteiger partial charge in [-0.15, -0.1) is 0 Å². The first-order valence-electron chi connectivity index (χ1n) is 5.89. The Bertz CT molecular complexity index is 473. The van der Waals surface area contributed by atoms with Crippen molar-refractivity contribution >= 4 is 33.2 Å². The summed E-state index contributed by atoms with van der Waals surface area (Å²) in [6.07, 6.45) is -1.56. The maximum atomic E-state index is 11.9. The lowest BCUT2D eigenvalue weighted by Gasteiger charge is -2.15. The van der Waals surface area contributed by atoms with E-state index in [9.17, 15) is 15.0 Å². The van der Waals surface area contributed by atoms with Crippen LogP contribution in [0.1, 0.15) is 0 Å². The number of nitrogens with two attached hydrogens (primary N) is 1. The molecule has 1 aliphatic heterocycles. The van der Waals surface area contributed by atoms with Gasteiger partial charge in [-0.1, -0.05) is 0 Å². The number of halogens is 1. The van der Waals surface area contributed by atoms with Crippen molar-refractivity contribution in [3.05, 3.63) is 22.7 Å². The summed E-state index contributed by atoms with van der Waals surface area (Å²) in [6, 6.07) is 5.12. The molecular formula is C12H16BrN3O3. The lowest BCUT2D eigenvalue weighted by molar-refractivity contribution is -0.117. The molecule has 19 heavy (non-hydrogen) atoms.